The molecule has 3 heterocycles. The molecule has 0 aliphatic heterocycles. The van der Waals surface area contributed by atoms with Crippen LogP contribution in [0.5, 0.6) is 0 Å². The minimum absolute atomic E-state index is 0.645. The molecule has 12 rings (SSSR count). The number of hydrogen-bond acceptors (Lipinski definition) is 4. The van der Waals surface area contributed by atoms with E-state index in [9.17, 15) is 0 Å². The minimum Gasteiger partial charge on any atom is -0.309 e. The highest BCUT2D eigenvalue weighted by Gasteiger charge is 2.18. The van der Waals surface area contributed by atoms with Crippen molar-refractivity contribution in [3.63, 3.8) is 0 Å². The van der Waals surface area contributed by atoms with Crippen molar-refractivity contribution in [1.29, 1.82) is 0 Å². The van der Waals surface area contributed by atoms with E-state index in [1.165, 1.54) is 64.2 Å². The van der Waals surface area contributed by atoms with Gasteiger partial charge in [-0.1, -0.05) is 176 Å². The van der Waals surface area contributed by atoms with Crippen molar-refractivity contribution in [2.75, 3.05) is 0 Å². The quantitative estimate of drug-likeness (QED) is 0.161. The van der Waals surface area contributed by atoms with E-state index in [2.05, 4.69) is 199 Å². The summed E-state index contributed by atoms with van der Waals surface area (Å²) in [6, 6.07) is 77.6. The summed E-state index contributed by atoms with van der Waals surface area (Å²) in [6.45, 7) is 0. The van der Waals surface area contributed by atoms with Gasteiger partial charge in [0.1, 0.15) is 0 Å². The number of nitrogens with zero attached hydrogens (tertiary/aromatic N) is 4. The highest BCUT2D eigenvalue weighted by molar-refractivity contribution is 7.25. The summed E-state index contributed by atoms with van der Waals surface area (Å²) in [5.74, 6) is 1.94. The van der Waals surface area contributed by atoms with Crippen LogP contribution in [0.15, 0.2) is 218 Å². The zero-order valence-corrected chi connectivity index (χ0v) is 34.3. The molecule has 4 nitrogen and oxygen atoms in total. The Bertz CT molecular complexity index is 3630. The molecule has 0 saturated carbocycles. The van der Waals surface area contributed by atoms with E-state index in [4.69, 9.17) is 15.0 Å². The first-order valence-electron chi connectivity index (χ1n) is 20.8. The highest BCUT2D eigenvalue weighted by atomic mass is 32.1. The molecule has 0 bridgehead atoms. The molecular weight excluding hydrogens is 773 g/mol. The first-order valence-corrected chi connectivity index (χ1v) is 21.7. The number of aromatic nitrogens is 4. The second kappa shape index (κ2) is 14.9. The molecule has 0 spiro atoms. The topological polar surface area (TPSA) is 43.6 Å². The van der Waals surface area contributed by atoms with E-state index >= 15 is 0 Å². The van der Waals surface area contributed by atoms with Crippen molar-refractivity contribution < 1.29 is 0 Å². The zero-order valence-electron chi connectivity index (χ0n) is 33.5. The Morgan fingerprint density at radius 1 is 0.290 bits per heavy atom. The molecule has 0 unspecified atom stereocenters. The molecule has 0 N–H and O–H groups in total. The van der Waals surface area contributed by atoms with Crippen LogP contribution in [0.3, 0.4) is 0 Å². The van der Waals surface area contributed by atoms with Gasteiger partial charge in [0.2, 0.25) is 0 Å². The molecule has 0 aliphatic carbocycles. The van der Waals surface area contributed by atoms with Crippen molar-refractivity contribution in [3.05, 3.63) is 218 Å². The van der Waals surface area contributed by atoms with Crippen molar-refractivity contribution in [3.8, 4) is 73.2 Å². The lowest BCUT2D eigenvalue weighted by atomic mass is 9.93. The fourth-order valence-electron chi connectivity index (χ4n) is 8.88. The van der Waals surface area contributed by atoms with Crippen LogP contribution in [-0.4, -0.2) is 19.5 Å². The van der Waals surface area contributed by atoms with E-state index in [1.807, 2.05) is 35.6 Å². The number of hydrogen-bond donors (Lipinski definition) is 0. The van der Waals surface area contributed by atoms with Crippen LogP contribution in [0.25, 0.3) is 115 Å². The Labute approximate surface area is 362 Å². The Hall–Kier alpha value is -7.99. The third-order valence-corrected chi connectivity index (χ3v) is 13.0. The summed E-state index contributed by atoms with van der Waals surface area (Å²) in [6.07, 6.45) is 0. The summed E-state index contributed by atoms with van der Waals surface area (Å²) in [4.78, 5) is 15.2. The van der Waals surface area contributed by atoms with Crippen molar-refractivity contribution in [2.45, 2.75) is 0 Å². The maximum Gasteiger partial charge on any atom is 0.164 e. The highest BCUT2D eigenvalue weighted by Crippen LogP contribution is 2.42. The second-order valence-corrected chi connectivity index (χ2v) is 16.7. The van der Waals surface area contributed by atoms with Gasteiger partial charge in [-0.15, -0.1) is 11.3 Å². The summed E-state index contributed by atoms with van der Waals surface area (Å²) in [5, 5.41) is 4.97. The third kappa shape index (κ3) is 6.26. The van der Waals surface area contributed by atoms with Gasteiger partial charge in [-0.05, 0) is 75.8 Å². The minimum atomic E-state index is 0.645. The lowest BCUT2D eigenvalue weighted by Crippen LogP contribution is -2.00. The van der Waals surface area contributed by atoms with E-state index in [0.717, 1.165) is 33.5 Å². The van der Waals surface area contributed by atoms with Gasteiger partial charge in [0.25, 0.3) is 0 Å². The smallest absolute Gasteiger partial charge is 0.164 e. The fourth-order valence-corrected chi connectivity index (χ4v) is 10.1. The molecule has 0 radical (unpaired) electrons. The fraction of sp³-hybridized carbons (Fsp3) is 0. The van der Waals surface area contributed by atoms with Crippen molar-refractivity contribution >= 4 is 53.3 Å². The van der Waals surface area contributed by atoms with Gasteiger partial charge >= 0.3 is 0 Å². The van der Waals surface area contributed by atoms with Crippen LogP contribution in [0.2, 0.25) is 0 Å². The predicted octanol–water partition coefficient (Wildman–Crippen LogP) is 15.3. The largest absolute Gasteiger partial charge is 0.309 e. The summed E-state index contributed by atoms with van der Waals surface area (Å²) in [7, 11) is 0. The van der Waals surface area contributed by atoms with Crippen LogP contribution in [-0.2, 0) is 0 Å². The molecule has 12 aromatic rings. The van der Waals surface area contributed by atoms with Gasteiger partial charge in [-0.25, -0.2) is 15.0 Å². The lowest BCUT2D eigenvalue weighted by Gasteiger charge is -2.12. The Balaban J connectivity index is 0.944. The molecule has 0 aliphatic rings. The van der Waals surface area contributed by atoms with E-state index in [1.54, 1.807) is 0 Å². The number of fused-ring (bicyclic) bond motifs is 6. The molecule has 5 heteroatoms. The van der Waals surface area contributed by atoms with Crippen LogP contribution in [0, 0.1) is 0 Å². The van der Waals surface area contributed by atoms with Gasteiger partial charge in [-0.3, -0.25) is 0 Å². The number of benzene rings is 9. The van der Waals surface area contributed by atoms with Gasteiger partial charge in [0, 0.05) is 53.3 Å². The Morgan fingerprint density at radius 3 is 1.45 bits per heavy atom. The van der Waals surface area contributed by atoms with Crippen LogP contribution >= 0.6 is 11.3 Å². The standard InChI is InChI=1S/C57H36N4S/c1-4-15-37(16-5-1)39-19-14-20-42(33-39)56-58-55(38-17-6-2-7-18-38)59-57(60-56)43-29-32-50-49-31-28-41(35-53(49)62-54(50)36-43)46-24-11-10-23-45(46)40-27-30-48-47-25-12-13-26-51(47)61(52(48)34-40)44-21-8-3-9-22-44/h1-36H. The van der Waals surface area contributed by atoms with E-state index < -0.39 is 0 Å². The monoisotopic (exact) mass is 808 g/mol. The normalized spacial score (nSPS) is 11.5. The molecule has 0 saturated heterocycles. The predicted molar refractivity (Wildman–Crippen MR) is 260 cm³/mol. The average molecular weight is 809 g/mol. The Kier molecular flexibility index (Phi) is 8.65. The van der Waals surface area contributed by atoms with Gasteiger partial charge in [0.15, 0.2) is 17.5 Å². The van der Waals surface area contributed by atoms with E-state index in [-0.39, 0.29) is 0 Å². The second-order valence-electron chi connectivity index (χ2n) is 15.6. The summed E-state index contributed by atoms with van der Waals surface area (Å²) in [5.41, 5.74) is 13.5. The number of para-hydroxylation sites is 2. The molecule has 0 fully saturated rings. The van der Waals surface area contributed by atoms with E-state index in [0.29, 0.717) is 17.5 Å². The maximum atomic E-state index is 5.12. The molecule has 0 amide bonds. The lowest BCUT2D eigenvalue weighted by molar-refractivity contribution is 1.07. The number of rotatable bonds is 7. The molecule has 62 heavy (non-hydrogen) atoms. The molecule has 9 aromatic carbocycles. The third-order valence-electron chi connectivity index (χ3n) is 11.9. The van der Waals surface area contributed by atoms with Gasteiger partial charge < -0.3 is 4.57 Å². The zero-order chi connectivity index (χ0) is 41.0. The molecule has 0 atom stereocenters. The summed E-state index contributed by atoms with van der Waals surface area (Å²) < 4.78 is 4.82. The first kappa shape index (κ1) is 35.9. The van der Waals surface area contributed by atoms with Crippen molar-refractivity contribution in [2.24, 2.45) is 0 Å². The molecule has 290 valence electrons. The maximum absolute atomic E-state index is 5.12. The van der Waals surface area contributed by atoms with Gasteiger partial charge in [-0.2, -0.15) is 0 Å². The van der Waals surface area contributed by atoms with Crippen molar-refractivity contribution in [1.82, 2.24) is 19.5 Å². The van der Waals surface area contributed by atoms with Gasteiger partial charge in [0.05, 0.1) is 11.0 Å². The van der Waals surface area contributed by atoms with Crippen LogP contribution in [0.1, 0.15) is 0 Å². The van der Waals surface area contributed by atoms with Crippen LogP contribution < -0.4 is 0 Å². The van der Waals surface area contributed by atoms with Crippen LogP contribution in [0.4, 0.5) is 0 Å². The average Bonchev–Trinajstić information content (AvgIpc) is 3.89. The SMILES string of the molecule is c1ccc(-c2cccc(-c3nc(-c4ccccc4)nc(-c4ccc5c(c4)sc4cc(-c6ccccc6-c6ccc7c8ccccc8n(-c8ccccc8)c7c6)ccc45)n3)c2)cc1. The number of thiophene rings is 1. The molecule has 3 aromatic heterocycles. The Morgan fingerprint density at radius 2 is 0.758 bits per heavy atom. The first-order chi connectivity index (χ1) is 30.7. The molecular formula is C57H36N4S. The summed E-state index contributed by atoms with van der Waals surface area (Å²) >= 11 is 1.81.